The molecule has 0 bridgehead atoms. The zero-order valence-corrected chi connectivity index (χ0v) is 13.2. The molecule has 0 saturated carbocycles. The lowest BCUT2D eigenvalue weighted by Crippen LogP contribution is -2.50. The number of hydrogen-bond donors (Lipinski definition) is 0. The van der Waals surface area contributed by atoms with E-state index in [4.69, 9.17) is 9.78 Å². The van der Waals surface area contributed by atoms with Gasteiger partial charge in [-0.15, -0.1) is 0 Å². The van der Waals surface area contributed by atoms with Crippen molar-refractivity contribution in [1.29, 1.82) is 5.26 Å². The first-order valence-electron chi connectivity index (χ1n) is 7.60. The molecule has 0 aliphatic carbocycles. The molecule has 0 N–H and O–H groups in total. The summed E-state index contributed by atoms with van der Waals surface area (Å²) >= 11 is 0. The molecule has 0 unspecified atom stereocenters. The highest BCUT2D eigenvalue weighted by molar-refractivity contribution is 5.95. The Kier molecular flexibility index (Phi) is 4.29. The van der Waals surface area contributed by atoms with E-state index in [2.05, 4.69) is 5.16 Å². The van der Waals surface area contributed by atoms with Crippen molar-refractivity contribution in [3.8, 4) is 6.07 Å². The third kappa shape index (κ3) is 3.13. The van der Waals surface area contributed by atoms with Crippen molar-refractivity contribution in [3.05, 3.63) is 52.9 Å². The minimum absolute atomic E-state index is 0.128. The number of nitriles is 1. The molecule has 24 heavy (non-hydrogen) atoms. The summed E-state index contributed by atoms with van der Waals surface area (Å²) in [7, 11) is 0. The lowest BCUT2D eigenvalue weighted by atomic mass is 10.1. The van der Waals surface area contributed by atoms with Crippen molar-refractivity contribution in [2.45, 2.75) is 6.92 Å². The van der Waals surface area contributed by atoms with Crippen molar-refractivity contribution in [1.82, 2.24) is 15.0 Å². The van der Waals surface area contributed by atoms with Gasteiger partial charge in [0.05, 0.1) is 11.6 Å². The van der Waals surface area contributed by atoms with E-state index in [1.165, 1.54) is 0 Å². The van der Waals surface area contributed by atoms with Gasteiger partial charge in [0.15, 0.2) is 5.69 Å². The van der Waals surface area contributed by atoms with Crippen LogP contribution in [0.5, 0.6) is 0 Å². The third-order valence-corrected chi connectivity index (χ3v) is 3.94. The molecule has 1 saturated heterocycles. The Labute approximate surface area is 139 Å². The summed E-state index contributed by atoms with van der Waals surface area (Å²) in [4.78, 5) is 28.2. The number of benzene rings is 1. The number of nitrogens with zero attached hydrogens (tertiary/aromatic N) is 4. The second-order valence-electron chi connectivity index (χ2n) is 5.60. The van der Waals surface area contributed by atoms with E-state index >= 15 is 0 Å². The second-order valence-corrected chi connectivity index (χ2v) is 5.60. The van der Waals surface area contributed by atoms with Crippen molar-refractivity contribution in [2.75, 3.05) is 26.2 Å². The maximum atomic E-state index is 12.5. The first-order chi connectivity index (χ1) is 11.6. The van der Waals surface area contributed by atoms with Gasteiger partial charge in [0.25, 0.3) is 11.8 Å². The molecule has 122 valence electrons. The predicted octanol–water partition coefficient (Wildman–Crippen LogP) is 1.45. The summed E-state index contributed by atoms with van der Waals surface area (Å²) in [6, 6.07) is 10.3. The van der Waals surface area contributed by atoms with Gasteiger partial charge in [-0.1, -0.05) is 11.2 Å². The van der Waals surface area contributed by atoms with Crippen LogP contribution in [0.4, 0.5) is 0 Å². The number of amides is 2. The van der Waals surface area contributed by atoms with Crippen LogP contribution in [0.3, 0.4) is 0 Å². The highest BCUT2D eigenvalue weighted by Gasteiger charge is 2.27. The van der Waals surface area contributed by atoms with Crippen LogP contribution in [0.2, 0.25) is 0 Å². The van der Waals surface area contributed by atoms with E-state index in [1.54, 1.807) is 47.1 Å². The van der Waals surface area contributed by atoms with Crippen LogP contribution >= 0.6 is 0 Å². The van der Waals surface area contributed by atoms with Gasteiger partial charge in [0.1, 0.15) is 5.76 Å². The third-order valence-electron chi connectivity index (χ3n) is 3.94. The number of hydrogen-bond acceptors (Lipinski definition) is 5. The van der Waals surface area contributed by atoms with E-state index in [0.717, 1.165) is 0 Å². The lowest BCUT2D eigenvalue weighted by molar-refractivity contribution is 0.0530. The molecule has 1 aromatic carbocycles. The van der Waals surface area contributed by atoms with Crippen LogP contribution in [-0.2, 0) is 0 Å². The highest BCUT2D eigenvalue weighted by Crippen LogP contribution is 2.13. The minimum Gasteiger partial charge on any atom is -0.361 e. The predicted molar refractivity (Wildman–Crippen MR) is 84.2 cm³/mol. The molecule has 3 rings (SSSR count). The number of piperazine rings is 1. The van der Waals surface area contributed by atoms with Gasteiger partial charge in [-0.05, 0) is 25.1 Å². The lowest BCUT2D eigenvalue weighted by Gasteiger charge is -2.34. The quantitative estimate of drug-likeness (QED) is 0.834. The molecule has 0 radical (unpaired) electrons. The van der Waals surface area contributed by atoms with Crippen LogP contribution in [0.1, 0.15) is 32.2 Å². The number of carbonyl (C=O) groups excluding carboxylic acids is 2. The maximum absolute atomic E-state index is 12.5. The largest absolute Gasteiger partial charge is 0.361 e. The Morgan fingerprint density at radius 3 is 2.38 bits per heavy atom. The summed E-state index contributed by atoms with van der Waals surface area (Å²) in [5.41, 5.74) is 1.23. The fourth-order valence-electron chi connectivity index (χ4n) is 2.65. The summed E-state index contributed by atoms with van der Waals surface area (Å²) in [6.07, 6.45) is 0. The second kappa shape index (κ2) is 6.54. The molecule has 7 heteroatoms. The van der Waals surface area contributed by atoms with Crippen LogP contribution in [0.15, 0.2) is 34.9 Å². The average Bonchev–Trinajstić information content (AvgIpc) is 3.07. The van der Waals surface area contributed by atoms with E-state index in [1.807, 2.05) is 6.07 Å². The van der Waals surface area contributed by atoms with Crippen LogP contribution < -0.4 is 0 Å². The van der Waals surface area contributed by atoms with Crippen molar-refractivity contribution < 1.29 is 14.1 Å². The van der Waals surface area contributed by atoms with Crippen LogP contribution in [-0.4, -0.2) is 52.9 Å². The number of aryl methyl sites for hydroxylation is 1. The standard InChI is InChI=1S/C17H16N4O3/c1-12-9-15(19-24-12)17(23)21-7-5-20(6-8-21)16(22)14-4-2-3-13(10-14)11-18/h2-4,9-10H,5-8H2,1H3. The molecular weight excluding hydrogens is 308 g/mol. The number of rotatable bonds is 2. The SMILES string of the molecule is Cc1cc(C(=O)N2CCN(C(=O)c3cccc(C#N)c3)CC2)no1. The van der Waals surface area contributed by atoms with Crippen molar-refractivity contribution in [3.63, 3.8) is 0 Å². The molecule has 1 aliphatic heterocycles. The summed E-state index contributed by atoms with van der Waals surface area (Å²) in [5, 5.41) is 12.7. The number of aromatic nitrogens is 1. The zero-order chi connectivity index (χ0) is 17.1. The molecule has 0 atom stereocenters. The smallest absolute Gasteiger partial charge is 0.276 e. The molecule has 0 spiro atoms. The summed E-state index contributed by atoms with van der Waals surface area (Å²) < 4.78 is 4.93. The minimum atomic E-state index is -0.189. The molecule has 7 nitrogen and oxygen atoms in total. The Bertz CT molecular complexity index is 813. The number of carbonyl (C=O) groups is 2. The van der Waals surface area contributed by atoms with E-state index in [-0.39, 0.29) is 17.5 Å². The zero-order valence-electron chi connectivity index (χ0n) is 13.2. The Balaban J connectivity index is 1.63. The molecule has 2 amide bonds. The molecule has 1 aliphatic rings. The van der Waals surface area contributed by atoms with Crippen LogP contribution in [0.25, 0.3) is 0 Å². The first kappa shape index (κ1) is 15.7. The van der Waals surface area contributed by atoms with Gasteiger partial charge in [0.2, 0.25) is 0 Å². The Morgan fingerprint density at radius 2 is 1.79 bits per heavy atom. The van der Waals surface area contributed by atoms with Gasteiger partial charge < -0.3 is 14.3 Å². The normalized spacial score (nSPS) is 14.3. The topological polar surface area (TPSA) is 90.4 Å². The van der Waals surface area contributed by atoms with Crippen molar-refractivity contribution in [2.24, 2.45) is 0 Å². The highest BCUT2D eigenvalue weighted by atomic mass is 16.5. The average molecular weight is 324 g/mol. The molecule has 2 aromatic rings. The molecule has 1 fully saturated rings. The monoisotopic (exact) mass is 324 g/mol. The van der Waals surface area contributed by atoms with Gasteiger partial charge in [0, 0.05) is 37.8 Å². The molecule has 2 heterocycles. The fourth-order valence-corrected chi connectivity index (χ4v) is 2.65. The Hall–Kier alpha value is -3.14. The van der Waals surface area contributed by atoms with Gasteiger partial charge in [-0.2, -0.15) is 5.26 Å². The maximum Gasteiger partial charge on any atom is 0.276 e. The summed E-state index contributed by atoms with van der Waals surface area (Å²) in [5.74, 6) is 0.270. The summed E-state index contributed by atoms with van der Waals surface area (Å²) in [6.45, 7) is 3.50. The first-order valence-corrected chi connectivity index (χ1v) is 7.60. The van der Waals surface area contributed by atoms with E-state index in [0.29, 0.717) is 43.1 Å². The van der Waals surface area contributed by atoms with Crippen molar-refractivity contribution >= 4 is 11.8 Å². The van der Waals surface area contributed by atoms with Gasteiger partial charge >= 0.3 is 0 Å². The molecule has 1 aromatic heterocycles. The van der Waals surface area contributed by atoms with Gasteiger partial charge in [-0.3, -0.25) is 9.59 Å². The molecular formula is C17H16N4O3. The van der Waals surface area contributed by atoms with Gasteiger partial charge in [-0.25, -0.2) is 0 Å². The van der Waals surface area contributed by atoms with E-state index < -0.39 is 0 Å². The van der Waals surface area contributed by atoms with Crippen LogP contribution in [0, 0.1) is 18.3 Å². The Morgan fingerprint density at radius 1 is 1.12 bits per heavy atom. The fraction of sp³-hybridized carbons (Fsp3) is 0.294. The van der Waals surface area contributed by atoms with E-state index in [9.17, 15) is 9.59 Å².